The molecule has 0 amide bonds. The van der Waals surface area contributed by atoms with Crippen LogP contribution in [-0.4, -0.2) is 56.4 Å². The maximum atomic E-state index is 12.6. The highest BCUT2D eigenvalue weighted by Gasteiger charge is 2.34. The lowest BCUT2D eigenvalue weighted by atomic mass is 10.1. The van der Waals surface area contributed by atoms with Gasteiger partial charge in [-0.05, 0) is 63.1 Å². The van der Waals surface area contributed by atoms with Gasteiger partial charge in [-0.25, -0.2) is 4.99 Å². The Hall–Kier alpha value is -1.96. The van der Waals surface area contributed by atoms with Gasteiger partial charge in [0.15, 0.2) is 5.96 Å². The standard InChI is InChI=1S/C22H33F3N4O/c1-3-26-21(27-11-18-8-9-29(13-18)15-22(23,24)25)28-12-19-7-4-16(2)10-20(19)30-14-17-5-6-17/h4,7,10,17-18H,3,5-6,8-9,11-15H2,1-2H3,(H2,26,27,28). The van der Waals surface area contributed by atoms with E-state index in [-0.39, 0.29) is 5.92 Å². The van der Waals surface area contributed by atoms with Gasteiger partial charge < -0.3 is 15.4 Å². The first-order chi connectivity index (χ1) is 14.3. The molecule has 0 radical (unpaired) electrons. The number of aliphatic imine (C=N–C) groups is 1. The van der Waals surface area contributed by atoms with Crippen molar-refractivity contribution in [1.29, 1.82) is 0 Å². The lowest BCUT2D eigenvalue weighted by Crippen LogP contribution is -2.40. The predicted molar refractivity (Wildman–Crippen MR) is 113 cm³/mol. The van der Waals surface area contributed by atoms with E-state index in [0.717, 1.165) is 36.4 Å². The molecule has 1 saturated carbocycles. The van der Waals surface area contributed by atoms with E-state index in [1.165, 1.54) is 17.7 Å². The van der Waals surface area contributed by atoms with Crippen LogP contribution in [0, 0.1) is 18.8 Å². The smallest absolute Gasteiger partial charge is 0.401 e. The Bertz CT molecular complexity index is 719. The van der Waals surface area contributed by atoms with E-state index in [4.69, 9.17) is 4.74 Å². The van der Waals surface area contributed by atoms with Crippen molar-refractivity contribution in [3.8, 4) is 5.75 Å². The molecule has 1 unspecified atom stereocenters. The number of rotatable bonds is 9. The second-order valence-corrected chi connectivity index (χ2v) is 8.45. The van der Waals surface area contributed by atoms with Gasteiger partial charge in [0, 0.05) is 25.2 Å². The van der Waals surface area contributed by atoms with E-state index in [1.807, 2.05) is 13.8 Å². The monoisotopic (exact) mass is 426 g/mol. The van der Waals surface area contributed by atoms with Gasteiger partial charge in [-0.2, -0.15) is 13.2 Å². The third-order valence-corrected chi connectivity index (χ3v) is 5.48. The van der Waals surface area contributed by atoms with Crippen molar-refractivity contribution in [2.45, 2.75) is 45.8 Å². The van der Waals surface area contributed by atoms with Crippen molar-refractivity contribution in [3.63, 3.8) is 0 Å². The Balaban J connectivity index is 1.53. The second kappa shape index (κ2) is 10.4. The number of hydrogen-bond donors (Lipinski definition) is 2. The molecule has 1 aliphatic carbocycles. The minimum atomic E-state index is -4.13. The first-order valence-corrected chi connectivity index (χ1v) is 10.9. The number of guanidine groups is 1. The molecule has 1 aromatic carbocycles. The van der Waals surface area contributed by atoms with E-state index in [0.29, 0.717) is 38.1 Å². The normalized spacial score (nSPS) is 20.4. The van der Waals surface area contributed by atoms with Crippen LogP contribution < -0.4 is 15.4 Å². The first kappa shape index (κ1) is 22.7. The van der Waals surface area contributed by atoms with Gasteiger partial charge in [-0.1, -0.05) is 12.1 Å². The maximum absolute atomic E-state index is 12.6. The van der Waals surface area contributed by atoms with E-state index in [1.54, 1.807) is 0 Å². The number of halogens is 3. The highest BCUT2D eigenvalue weighted by Crippen LogP contribution is 2.31. The van der Waals surface area contributed by atoms with E-state index in [2.05, 4.69) is 33.8 Å². The summed E-state index contributed by atoms with van der Waals surface area (Å²) in [4.78, 5) is 6.16. The number of alkyl halides is 3. The number of aryl methyl sites for hydroxylation is 1. The van der Waals surface area contributed by atoms with Crippen LogP contribution in [0.2, 0.25) is 0 Å². The molecule has 3 rings (SSSR count). The number of benzene rings is 1. The lowest BCUT2D eigenvalue weighted by Gasteiger charge is -2.19. The Labute approximate surface area is 177 Å². The molecule has 1 saturated heterocycles. The predicted octanol–water partition coefficient (Wildman–Crippen LogP) is 3.72. The van der Waals surface area contributed by atoms with Gasteiger partial charge >= 0.3 is 6.18 Å². The molecule has 1 aliphatic heterocycles. The molecule has 2 fully saturated rings. The minimum Gasteiger partial charge on any atom is -0.493 e. The van der Waals surface area contributed by atoms with Crippen molar-refractivity contribution in [3.05, 3.63) is 29.3 Å². The van der Waals surface area contributed by atoms with Crippen LogP contribution >= 0.6 is 0 Å². The highest BCUT2D eigenvalue weighted by molar-refractivity contribution is 5.79. The molecular formula is C22H33F3N4O. The van der Waals surface area contributed by atoms with Crippen LogP contribution in [0.25, 0.3) is 0 Å². The van der Waals surface area contributed by atoms with Gasteiger partial charge in [0.2, 0.25) is 0 Å². The largest absolute Gasteiger partial charge is 0.493 e. The van der Waals surface area contributed by atoms with Gasteiger partial charge in [-0.3, -0.25) is 4.90 Å². The van der Waals surface area contributed by atoms with Crippen molar-refractivity contribution < 1.29 is 17.9 Å². The van der Waals surface area contributed by atoms with Gasteiger partial charge in [0.1, 0.15) is 5.75 Å². The van der Waals surface area contributed by atoms with Crippen LogP contribution in [0.4, 0.5) is 13.2 Å². The summed E-state index contributed by atoms with van der Waals surface area (Å²) in [5.74, 6) is 2.44. The van der Waals surface area contributed by atoms with Crippen LogP contribution in [0.5, 0.6) is 5.75 Å². The summed E-state index contributed by atoms with van der Waals surface area (Å²) in [5.41, 5.74) is 2.19. The van der Waals surface area contributed by atoms with E-state index < -0.39 is 12.7 Å². The average Bonchev–Trinajstić information content (AvgIpc) is 3.41. The molecule has 168 valence electrons. The molecular weight excluding hydrogens is 393 g/mol. The van der Waals surface area contributed by atoms with Crippen LogP contribution in [0.1, 0.15) is 37.3 Å². The number of hydrogen-bond acceptors (Lipinski definition) is 3. The Morgan fingerprint density at radius 2 is 2.00 bits per heavy atom. The molecule has 0 aromatic heterocycles. The van der Waals surface area contributed by atoms with Crippen LogP contribution in [-0.2, 0) is 6.54 Å². The van der Waals surface area contributed by atoms with Crippen LogP contribution in [0.3, 0.4) is 0 Å². The fourth-order valence-corrected chi connectivity index (χ4v) is 3.64. The summed E-state index contributed by atoms with van der Waals surface area (Å²) in [6, 6.07) is 6.17. The average molecular weight is 427 g/mol. The summed E-state index contributed by atoms with van der Waals surface area (Å²) < 4.78 is 43.7. The zero-order chi connectivity index (χ0) is 21.6. The molecule has 1 heterocycles. The topological polar surface area (TPSA) is 48.9 Å². The van der Waals surface area contributed by atoms with Crippen molar-refractivity contribution in [1.82, 2.24) is 15.5 Å². The molecule has 30 heavy (non-hydrogen) atoms. The van der Waals surface area contributed by atoms with Gasteiger partial charge in [0.05, 0.1) is 19.7 Å². The maximum Gasteiger partial charge on any atom is 0.401 e. The number of ether oxygens (including phenoxy) is 1. The Morgan fingerprint density at radius 3 is 2.70 bits per heavy atom. The van der Waals surface area contributed by atoms with Crippen molar-refractivity contribution in [2.75, 3.05) is 39.3 Å². The third kappa shape index (κ3) is 7.70. The molecule has 8 heteroatoms. The quantitative estimate of drug-likeness (QED) is 0.467. The third-order valence-electron chi connectivity index (χ3n) is 5.48. The minimum absolute atomic E-state index is 0.188. The fourth-order valence-electron chi connectivity index (χ4n) is 3.64. The SMILES string of the molecule is CCNC(=NCc1ccc(C)cc1OCC1CC1)NCC1CCN(CC(F)(F)F)C1. The van der Waals surface area contributed by atoms with E-state index in [9.17, 15) is 13.2 Å². The Morgan fingerprint density at radius 1 is 1.20 bits per heavy atom. The summed E-state index contributed by atoms with van der Waals surface area (Å²) >= 11 is 0. The molecule has 2 aliphatic rings. The second-order valence-electron chi connectivity index (χ2n) is 8.45. The van der Waals surface area contributed by atoms with E-state index >= 15 is 0 Å². The first-order valence-electron chi connectivity index (χ1n) is 10.9. The van der Waals surface area contributed by atoms with Crippen molar-refractivity contribution in [2.24, 2.45) is 16.8 Å². The summed E-state index contributed by atoms with van der Waals surface area (Å²) in [5, 5.41) is 6.52. The van der Waals surface area contributed by atoms with Crippen molar-refractivity contribution >= 4 is 5.96 Å². The zero-order valence-corrected chi connectivity index (χ0v) is 17.9. The number of likely N-dealkylation sites (tertiary alicyclic amines) is 1. The number of nitrogens with zero attached hydrogens (tertiary/aromatic N) is 2. The Kier molecular flexibility index (Phi) is 7.86. The molecule has 1 atom stereocenters. The zero-order valence-electron chi connectivity index (χ0n) is 17.9. The highest BCUT2D eigenvalue weighted by atomic mass is 19.4. The summed E-state index contributed by atoms with van der Waals surface area (Å²) in [7, 11) is 0. The summed E-state index contributed by atoms with van der Waals surface area (Å²) in [6.07, 6.45) is -0.879. The molecule has 1 aromatic rings. The van der Waals surface area contributed by atoms with Gasteiger partial charge in [-0.15, -0.1) is 0 Å². The molecule has 0 bridgehead atoms. The number of nitrogens with one attached hydrogen (secondary N) is 2. The van der Waals surface area contributed by atoms with Gasteiger partial charge in [0.25, 0.3) is 0 Å². The molecule has 5 nitrogen and oxygen atoms in total. The van der Waals surface area contributed by atoms with Crippen LogP contribution in [0.15, 0.2) is 23.2 Å². The molecule has 0 spiro atoms. The fraction of sp³-hybridized carbons (Fsp3) is 0.682. The summed E-state index contributed by atoms with van der Waals surface area (Å²) in [6.45, 7) is 6.74. The molecule has 2 N–H and O–H groups in total. The lowest BCUT2D eigenvalue weighted by molar-refractivity contribution is -0.143.